The van der Waals surface area contributed by atoms with Crippen molar-refractivity contribution >= 4 is 22.6 Å². The fourth-order valence-electron chi connectivity index (χ4n) is 2.46. The van der Waals surface area contributed by atoms with Crippen molar-refractivity contribution in [2.75, 3.05) is 5.32 Å². The van der Waals surface area contributed by atoms with Crippen LogP contribution in [0.5, 0.6) is 0 Å². The molecule has 0 heterocycles. The van der Waals surface area contributed by atoms with E-state index in [1.165, 1.54) is 0 Å². The zero-order valence-electron chi connectivity index (χ0n) is 12.5. The Morgan fingerprint density at radius 2 is 1.70 bits per heavy atom. The first-order valence-electron chi connectivity index (χ1n) is 7.37. The zero-order valence-corrected chi connectivity index (χ0v) is 12.5. The molecule has 0 aliphatic rings. The molecular formula is C19H17NO3. The quantitative estimate of drug-likeness (QED) is 0.763. The lowest BCUT2D eigenvalue weighted by Gasteiger charge is -2.13. The summed E-state index contributed by atoms with van der Waals surface area (Å²) in [5, 5.41) is 14.1. The first-order valence-corrected chi connectivity index (χ1v) is 7.37. The molecule has 116 valence electrons. The van der Waals surface area contributed by atoms with Crippen LogP contribution < -0.4 is 5.32 Å². The van der Waals surface area contributed by atoms with Crippen molar-refractivity contribution < 1.29 is 14.6 Å². The molecule has 2 N–H and O–H groups in total. The van der Waals surface area contributed by atoms with E-state index in [0.717, 1.165) is 16.3 Å². The average molecular weight is 307 g/mol. The molecule has 3 rings (SSSR count). The maximum atomic E-state index is 12.1. The van der Waals surface area contributed by atoms with Crippen LogP contribution in [-0.2, 0) is 18.0 Å². The minimum Gasteiger partial charge on any atom is -0.444 e. The molecule has 0 aromatic heterocycles. The molecule has 4 nitrogen and oxygen atoms in total. The second-order valence-corrected chi connectivity index (χ2v) is 5.17. The lowest BCUT2D eigenvalue weighted by molar-refractivity contribution is 0.155. The summed E-state index contributed by atoms with van der Waals surface area (Å²) < 4.78 is 5.25. The number of carbonyl (C=O) groups is 1. The van der Waals surface area contributed by atoms with E-state index in [1.807, 2.05) is 60.7 Å². The van der Waals surface area contributed by atoms with Gasteiger partial charge in [-0.3, -0.25) is 5.32 Å². The highest BCUT2D eigenvalue weighted by molar-refractivity contribution is 6.01. The highest BCUT2D eigenvalue weighted by Gasteiger charge is 2.11. The van der Waals surface area contributed by atoms with E-state index in [4.69, 9.17) is 4.74 Å². The summed E-state index contributed by atoms with van der Waals surface area (Å²) in [6.07, 6.45) is -0.542. The number of anilines is 1. The Balaban J connectivity index is 1.79. The zero-order chi connectivity index (χ0) is 16.1. The van der Waals surface area contributed by atoms with Gasteiger partial charge in [0, 0.05) is 10.9 Å². The van der Waals surface area contributed by atoms with Gasteiger partial charge in [0.2, 0.25) is 0 Å². The fourth-order valence-corrected chi connectivity index (χ4v) is 2.46. The topological polar surface area (TPSA) is 58.6 Å². The summed E-state index contributed by atoms with van der Waals surface area (Å²) in [5.74, 6) is 0. The van der Waals surface area contributed by atoms with Gasteiger partial charge in [-0.05, 0) is 10.9 Å². The van der Waals surface area contributed by atoms with Crippen LogP contribution >= 0.6 is 0 Å². The van der Waals surface area contributed by atoms with E-state index in [1.54, 1.807) is 6.07 Å². The molecule has 1 amide bonds. The summed E-state index contributed by atoms with van der Waals surface area (Å²) >= 11 is 0. The van der Waals surface area contributed by atoms with Gasteiger partial charge in [-0.1, -0.05) is 66.7 Å². The van der Waals surface area contributed by atoms with Crippen LogP contribution in [0.15, 0.2) is 66.7 Å². The molecule has 0 bridgehead atoms. The number of fused-ring (bicyclic) bond motifs is 1. The normalized spacial score (nSPS) is 10.5. The predicted octanol–water partition coefficient (Wildman–Crippen LogP) is 4.08. The molecule has 0 aliphatic carbocycles. The van der Waals surface area contributed by atoms with Gasteiger partial charge >= 0.3 is 6.09 Å². The van der Waals surface area contributed by atoms with E-state index in [9.17, 15) is 9.90 Å². The first-order chi connectivity index (χ1) is 11.3. The third-order valence-corrected chi connectivity index (χ3v) is 3.63. The molecule has 0 unspecified atom stereocenters. The van der Waals surface area contributed by atoms with Crippen LogP contribution in [0, 0.1) is 0 Å². The number of amides is 1. The minimum absolute atomic E-state index is 0.154. The van der Waals surface area contributed by atoms with Crippen molar-refractivity contribution in [3.63, 3.8) is 0 Å². The molecule has 23 heavy (non-hydrogen) atoms. The highest BCUT2D eigenvalue weighted by Crippen LogP contribution is 2.27. The Kier molecular flexibility index (Phi) is 4.54. The number of hydrogen-bond acceptors (Lipinski definition) is 3. The molecule has 4 heteroatoms. The molecule has 3 aromatic rings. The van der Waals surface area contributed by atoms with Crippen LogP contribution in [0.2, 0.25) is 0 Å². The Morgan fingerprint density at radius 3 is 2.48 bits per heavy atom. The first kappa shape index (κ1) is 15.1. The summed E-state index contributed by atoms with van der Waals surface area (Å²) in [5.41, 5.74) is 2.16. The van der Waals surface area contributed by atoms with Crippen molar-refractivity contribution in [3.05, 3.63) is 77.9 Å². The standard InChI is InChI=1S/C19H17NO3/c21-12-16-11-10-15-8-4-5-9-17(15)18(16)20-19(22)23-13-14-6-2-1-3-7-14/h1-11,21H,12-13H2,(H,20,22). The largest absolute Gasteiger partial charge is 0.444 e. The Hall–Kier alpha value is -2.85. The lowest BCUT2D eigenvalue weighted by Crippen LogP contribution is -2.15. The van der Waals surface area contributed by atoms with Gasteiger partial charge in [0.05, 0.1) is 12.3 Å². The van der Waals surface area contributed by atoms with Crippen LogP contribution in [-0.4, -0.2) is 11.2 Å². The number of nitrogens with one attached hydrogen (secondary N) is 1. The second kappa shape index (κ2) is 6.94. The smallest absolute Gasteiger partial charge is 0.411 e. The fraction of sp³-hybridized carbons (Fsp3) is 0.105. The SMILES string of the molecule is O=C(Nc1c(CO)ccc2ccccc12)OCc1ccccc1. The maximum Gasteiger partial charge on any atom is 0.411 e. The number of benzene rings is 3. The van der Waals surface area contributed by atoms with Crippen molar-refractivity contribution in [1.29, 1.82) is 0 Å². The molecule has 0 radical (unpaired) electrons. The predicted molar refractivity (Wildman–Crippen MR) is 90.1 cm³/mol. The Morgan fingerprint density at radius 1 is 0.957 bits per heavy atom. The van der Waals surface area contributed by atoms with E-state index >= 15 is 0 Å². The summed E-state index contributed by atoms with van der Waals surface area (Å²) in [4.78, 5) is 12.1. The molecule has 3 aromatic carbocycles. The Bertz CT molecular complexity index is 815. The van der Waals surface area contributed by atoms with Crippen LogP contribution in [0.25, 0.3) is 10.8 Å². The van der Waals surface area contributed by atoms with E-state index in [2.05, 4.69) is 5.32 Å². The third-order valence-electron chi connectivity index (χ3n) is 3.63. The second-order valence-electron chi connectivity index (χ2n) is 5.17. The monoisotopic (exact) mass is 307 g/mol. The number of aliphatic hydroxyl groups excluding tert-OH is 1. The van der Waals surface area contributed by atoms with Gasteiger partial charge in [-0.2, -0.15) is 0 Å². The molecule has 0 aliphatic heterocycles. The van der Waals surface area contributed by atoms with Gasteiger partial charge in [-0.15, -0.1) is 0 Å². The number of ether oxygens (including phenoxy) is 1. The minimum atomic E-state index is -0.542. The molecule has 0 saturated heterocycles. The van der Waals surface area contributed by atoms with Gasteiger partial charge in [0.15, 0.2) is 0 Å². The molecular weight excluding hydrogens is 290 g/mol. The molecule has 0 spiro atoms. The lowest BCUT2D eigenvalue weighted by atomic mass is 10.0. The van der Waals surface area contributed by atoms with Crippen molar-refractivity contribution in [1.82, 2.24) is 0 Å². The van der Waals surface area contributed by atoms with E-state index < -0.39 is 6.09 Å². The van der Waals surface area contributed by atoms with Crippen LogP contribution in [0.4, 0.5) is 10.5 Å². The summed E-state index contributed by atoms with van der Waals surface area (Å²) in [7, 11) is 0. The number of hydrogen-bond donors (Lipinski definition) is 2. The number of aliphatic hydroxyl groups is 1. The molecule has 0 atom stereocenters. The van der Waals surface area contributed by atoms with Crippen molar-refractivity contribution in [3.8, 4) is 0 Å². The number of carbonyl (C=O) groups excluding carboxylic acids is 1. The average Bonchev–Trinajstić information content (AvgIpc) is 2.61. The molecule has 0 fully saturated rings. The third kappa shape index (κ3) is 3.49. The van der Waals surface area contributed by atoms with E-state index in [-0.39, 0.29) is 13.2 Å². The van der Waals surface area contributed by atoms with Crippen LogP contribution in [0.3, 0.4) is 0 Å². The van der Waals surface area contributed by atoms with E-state index in [0.29, 0.717) is 11.3 Å². The van der Waals surface area contributed by atoms with Gasteiger partial charge in [0.1, 0.15) is 6.61 Å². The van der Waals surface area contributed by atoms with Crippen molar-refractivity contribution in [2.24, 2.45) is 0 Å². The molecule has 0 saturated carbocycles. The summed E-state index contributed by atoms with van der Waals surface area (Å²) in [6, 6.07) is 20.9. The van der Waals surface area contributed by atoms with Gasteiger partial charge in [0.25, 0.3) is 0 Å². The van der Waals surface area contributed by atoms with Gasteiger partial charge < -0.3 is 9.84 Å². The summed E-state index contributed by atoms with van der Waals surface area (Å²) in [6.45, 7) is 0.0467. The highest BCUT2D eigenvalue weighted by atomic mass is 16.5. The van der Waals surface area contributed by atoms with Gasteiger partial charge in [-0.25, -0.2) is 4.79 Å². The number of rotatable bonds is 4. The van der Waals surface area contributed by atoms with Crippen molar-refractivity contribution in [2.45, 2.75) is 13.2 Å². The van der Waals surface area contributed by atoms with Crippen LogP contribution in [0.1, 0.15) is 11.1 Å². The Labute approximate surface area is 134 Å². The maximum absolute atomic E-state index is 12.1.